The average molecular weight is 715 g/mol. The quantitative estimate of drug-likeness (QED) is 0.118. The highest BCUT2D eigenvalue weighted by Crippen LogP contribution is 2.52. The minimum Gasteiger partial charge on any atom is -1.00 e. The molecule has 3 aliphatic rings. The molecule has 6 atom stereocenters. The molecule has 2 aromatic rings. The van der Waals surface area contributed by atoms with E-state index in [9.17, 15) is 19.5 Å². The van der Waals surface area contributed by atoms with Gasteiger partial charge in [-0.1, -0.05) is 43.6 Å². The van der Waals surface area contributed by atoms with Crippen LogP contribution in [0.4, 0.5) is 4.79 Å². The summed E-state index contributed by atoms with van der Waals surface area (Å²) >= 11 is 3.18. The number of thiazole rings is 1. The first-order valence-corrected chi connectivity index (χ1v) is 15.1. The van der Waals surface area contributed by atoms with Crippen LogP contribution in [0.1, 0.15) is 26.0 Å². The number of aliphatic hydroxyl groups excluding tert-OH is 1. The summed E-state index contributed by atoms with van der Waals surface area (Å²) in [7, 11) is 1.98. The predicted octanol–water partition coefficient (Wildman–Crippen LogP) is -0.331. The van der Waals surface area contributed by atoms with Crippen LogP contribution in [0.15, 0.2) is 53.8 Å². The van der Waals surface area contributed by atoms with Gasteiger partial charge < -0.3 is 48.4 Å². The molecule has 0 aliphatic carbocycles. The molecule has 41 heavy (non-hydrogen) atoms. The van der Waals surface area contributed by atoms with E-state index < -0.39 is 24.1 Å². The fraction of sp³-hybridized carbons (Fsp3) is 0.500. The van der Waals surface area contributed by atoms with Gasteiger partial charge in [0.15, 0.2) is 0 Å². The van der Waals surface area contributed by atoms with Gasteiger partial charge in [0.25, 0.3) is 0 Å². The van der Waals surface area contributed by atoms with Gasteiger partial charge in [0.1, 0.15) is 30.8 Å². The summed E-state index contributed by atoms with van der Waals surface area (Å²) in [6, 6.07) is -0.418. The number of fused-ring (bicyclic) bond motifs is 2. The molecule has 13 heteroatoms. The minimum absolute atomic E-state index is 0. The number of aliphatic hydroxyl groups is 1. The van der Waals surface area contributed by atoms with Crippen LogP contribution in [0.5, 0.6) is 0 Å². The van der Waals surface area contributed by atoms with E-state index in [1.165, 1.54) is 22.7 Å². The lowest BCUT2D eigenvalue weighted by atomic mass is 9.79. The Bertz CT molecular complexity index is 1390. The maximum atomic E-state index is 13.1. The Morgan fingerprint density at radius 3 is 2.68 bits per heavy atom. The fourth-order valence-electron chi connectivity index (χ4n) is 6.03. The normalized spacial score (nSPS) is 26.0. The monoisotopic (exact) mass is 714 g/mol. The standard InChI is InChI=1S/C28H35N4O6S2.HI/c1-6-8-37-27(35)24-25(16(3)23-22(17(4)33)26(34)32(23)24)40-20-11-18(30(12-20)28(36)38-9-7-2)10-19-14-39-21-13-29(5)15-31(19)21;/h6-7,13-18,20,22-23,33H,1-2,8-12H2,3-5H3;1H/q+1;/p-1/t16-,17-,18-,20+,22-,23-;/m1./s1. The number of carbonyl (C=O) groups is 3. The van der Waals surface area contributed by atoms with Crippen molar-refractivity contribution in [1.82, 2.24) is 14.2 Å². The third-order valence-corrected chi connectivity index (χ3v) is 10.2. The van der Waals surface area contributed by atoms with Gasteiger partial charge in [-0.05, 0) is 13.3 Å². The van der Waals surface area contributed by atoms with Crippen molar-refractivity contribution >= 4 is 45.9 Å². The summed E-state index contributed by atoms with van der Waals surface area (Å²) in [6.07, 6.45) is 7.22. The number of halogens is 1. The molecule has 222 valence electrons. The zero-order chi connectivity index (χ0) is 28.7. The summed E-state index contributed by atoms with van der Waals surface area (Å²) in [5.74, 6) is -1.58. The van der Waals surface area contributed by atoms with Crippen molar-refractivity contribution in [1.29, 1.82) is 0 Å². The number of amides is 2. The topological polar surface area (TPSA) is 105 Å². The van der Waals surface area contributed by atoms with E-state index in [-0.39, 0.29) is 72.0 Å². The van der Waals surface area contributed by atoms with Crippen molar-refractivity contribution in [2.75, 3.05) is 19.8 Å². The van der Waals surface area contributed by atoms with Gasteiger partial charge in [-0.25, -0.2) is 14.2 Å². The maximum absolute atomic E-state index is 13.1. The molecule has 1 N–H and O–H groups in total. The van der Waals surface area contributed by atoms with Gasteiger partial charge >= 0.3 is 12.1 Å². The molecule has 10 nitrogen and oxygen atoms in total. The summed E-state index contributed by atoms with van der Waals surface area (Å²) in [5.41, 5.74) is 1.35. The number of β-lactam (4-membered cyclic amide) rings is 1. The smallest absolute Gasteiger partial charge is 0.410 e. The Morgan fingerprint density at radius 2 is 2.00 bits per heavy atom. The van der Waals surface area contributed by atoms with E-state index in [1.807, 2.05) is 24.9 Å². The molecule has 5 rings (SSSR count). The number of hydrogen-bond donors (Lipinski definition) is 1. The summed E-state index contributed by atoms with van der Waals surface area (Å²) in [4.78, 5) is 44.4. The van der Waals surface area contributed by atoms with E-state index in [2.05, 4.69) is 29.1 Å². The number of esters is 1. The van der Waals surface area contributed by atoms with Crippen LogP contribution >= 0.6 is 23.1 Å². The van der Waals surface area contributed by atoms with Crippen molar-refractivity contribution in [3.63, 3.8) is 0 Å². The Hall–Kier alpha value is -2.36. The molecule has 2 fully saturated rings. The Labute approximate surface area is 264 Å². The zero-order valence-electron chi connectivity index (χ0n) is 23.3. The zero-order valence-corrected chi connectivity index (χ0v) is 27.1. The lowest BCUT2D eigenvalue weighted by Crippen LogP contribution is -3.00. The minimum atomic E-state index is -0.824. The largest absolute Gasteiger partial charge is 1.00 e. The summed E-state index contributed by atoms with van der Waals surface area (Å²) < 4.78 is 14.9. The number of rotatable bonds is 10. The van der Waals surface area contributed by atoms with Gasteiger partial charge in [0, 0.05) is 40.5 Å². The van der Waals surface area contributed by atoms with E-state index >= 15 is 0 Å². The van der Waals surface area contributed by atoms with Crippen LogP contribution in [0.3, 0.4) is 0 Å². The molecule has 0 radical (unpaired) electrons. The van der Waals surface area contributed by atoms with E-state index in [0.717, 1.165) is 15.4 Å². The van der Waals surface area contributed by atoms with Crippen LogP contribution < -0.4 is 28.5 Å². The SMILES string of the molecule is C=CCOC(=O)C1=C(S[C@H]2C[C@@H](Cc3csc4c[n+](C)cn34)N(C(=O)OCC=C)C2)[C@H](C)[C@@H]2[C@@H]([C@@H](C)O)C(=O)N12.[I-]. The van der Waals surface area contributed by atoms with Crippen LogP contribution in [0, 0.1) is 11.8 Å². The second-order valence-corrected chi connectivity index (χ2v) is 12.8. The van der Waals surface area contributed by atoms with E-state index in [1.54, 1.807) is 29.2 Å². The molecule has 5 heterocycles. The van der Waals surface area contributed by atoms with Crippen molar-refractivity contribution in [3.05, 3.63) is 59.5 Å². The number of carbonyl (C=O) groups excluding carboxylic acids is 3. The Kier molecular flexibility index (Phi) is 9.92. The Morgan fingerprint density at radius 1 is 1.29 bits per heavy atom. The van der Waals surface area contributed by atoms with Crippen molar-refractivity contribution < 1.29 is 57.5 Å². The first-order chi connectivity index (χ1) is 19.2. The van der Waals surface area contributed by atoms with Crippen LogP contribution in [-0.4, -0.2) is 80.5 Å². The van der Waals surface area contributed by atoms with E-state index in [0.29, 0.717) is 19.4 Å². The molecule has 0 saturated carbocycles. The van der Waals surface area contributed by atoms with Crippen molar-refractivity contribution in [2.24, 2.45) is 18.9 Å². The predicted molar refractivity (Wildman–Crippen MR) is 151 cm³/mol. The number of ether oxygens (including phenoxy) is 2. The van der Waals surface area contributed by atoms with Crippen LogP contribution in [-0.2, 0) is 32.5 Å². The second kappa shape index (κ2) is 12.9. The van der Waals surface area contributed by atoms with Gasteiger partial charge in [-0.15, -0.1) is 11.8 Å². The number of imidazole rings is 1. The second-order valence-electron chi connectivity index (χ2n) is 10.6. The lowest BCUT2D eigenvalue weighted by Gasteiger charge is -2.46. The summed E-state index contributed by atoms with van der Waals surface area (Å²) in [5, 5.41) is 12.4. The van der Waals surface area contributed by atoms with Crippen LogP contribution in [0.2, 0.25) is 0 Å². The van der Waals surface area contributed by atoms with Crippen molar-refractivity contribution in [2.45, 2.75) is 50.1 Å². The number of nitrogens with zero attached hydrogens (tertiary/aromatic N) is 4. The number of aromatic nitrogens is 2. The highest BCUT2D eigenvalue weighted by Gasteiger charge is 2.60. The Balaban J connectivity index is 0.00000387. The summed E-state index contributed by atoms with van der Waals surface area (Å²) in [6.45, 7) is 11.4. The van der Waals surface area contributed by atoms with Crippen LogP contribution in [0.25, 0.3) is 4.83 Å². The number of thioether (sulfide) groups is 1. The molecule has 2 aromatic heterocycles. The molecular weight excluding hydrogens is 679 g/mol. The van der Waals surface area contributed by atoms with Gasteiger partial charge in [0.2, 0.25) is 17.1 Å². The fourth-order valence-corrected chi connectivity index (χ4v) is 8.56. The maximum Gasteiger partial charge on any atom is 0.410 e. The first kappa shape index (κ1) is 31.6. The number of hydrogen-bond acceptors (Lipinski definition) is 8. The molecule has 0 bridgehead atoms. The molecule has 0 aromatic carbocycles. The molecule has 2 amide bonds. The average Bonchev–Trinajstić information content (AvgIpc) is 3.64. The molecule has 0 unspecified atom stereocenters. The van der Waals surface area contributed by atoms with E-state index in [4.69, 9.17) is 9.47 Å². The molecular formula is C28H35IN4O6S2. The highest BCUT2D eigenvalue weighted by molar-refractivity contribution is 8.03. The molecule has 3 aliphatic heterocycles. The van der Waals surface area contributed by atoms with Gasteiger partial charge in [-0.2, -0.15) is 4.40 Å². The number of aryl methyl sites for hydroxylation is 1. The molecule has 2 saturated heterocycles. The first-order valence-electron chi connectivity index (χ1n) is 13.3. The third kappa shape index (κ3) is 5.82. The van der Waals surface area contributed by atoms with Crippen molar-refractivity contribution in [3.8, 4) is 0 Å². The van der Waals surface area contributed by atoms with Gasteiger partial charge in [-0.3, -0.25) is 4.79 Å². The number of likely N-dealkylation sites (tertiary alicyclic amines) is 1. The van der Waals surface area contributed by atoms with Gasteiger partial charge in [0.05, 0.1) is 25.1 Å². The third-order valence-electron chi connectivity index (χ3n) is 7.78. The molecule has 0 spiro atoms. The lowest BCUT2D eigenvalue weighted by molar-refractivity contribution is -0.670. The highest BCUT2D eigenvalue weighted by atomic mass is 127.